The average Bonchev–Trinajstić information content (AvgIpc) is 3.14. The summed E-state index contributed by atoms with van der Waals surface area (Å²) < 4.78 is 86.4. The highest BCUT2D eigenvalue weighted by Gasteiger charge is 2.34. The van der Waals surface area contributed by atoms with Crippen molar-refractivity contribution in [3.63, 3.8) is 0 Å². The molecule has 0 aliphatic rings. The molecule has 5 nitrogen and oxygen atoms in total. The Morgan fingerprint density at radius 1 is 0.897 bits per heavy atom. The summed E-state index contributed by atoms with van der Waals surface area (Å²) in [7, 11) is 0. The molecule has 0 saturated heterocycles. The second kappa shape index (κ2) is 8.11. The van der Waals surface area contributed by atoms with Crippen LogP contribution < -0.4 is 4.74 Å². The van der Waals surface area contributed by atoms with Gasteiger partial charge in [-0.15, -0.1) is 13.2 Å². The smallest absolute Gasteiger partial charge is 0.406 e. The van der Waals surface area contributed by atoms with Gasteiger partial charge in [-0.1, -0.05) is 24.3 Å². The fourth-order valence-electron chi connectivity index (χ4n) is 2.66. The lowest BCUT2D eigenvalue weighted by Crippen LogP contribution is -2.17. The van der Waals surface area contributed by atoms with Crippen molar-refractivity contribution in [3.8, 4) is 16.9 Å². The molecule has 0 radical (unpaired) electrons. The summed E-state index contributed by atoms with van der Waals surface area (Å²) in [5.41, 5.74) is -0.591. The monoisotopic (exact) mass is 417 g/mol. The van der Waals surface area contributed by atoms with Gasteiger partial charge in [-0.3, -0.25) is 5.10 Å². The van der Waals surface area contributed by atoms with Crippen molar-refractivity contribution in [1.82, 2.24) is 15.2 Å². The fourth-order valence-corrected chi connectivity index (χ4v) is 2.66. The van der Waals surface area contributed by atoms with Gasteiger partial charge in [0.1, 0.15) is 24.5 Å². The molecule has 0 amide bonds. The van der Waals surface area contributed by atoms with Gasteiger partial charge in [0.25, 0.3) is 0 Å². The first kappa shape index (κ1) is 20.6. The molecule has 0 aliphatic heterocycles. The molecule has 154 valence electrons. The van der Waals surface area contributed by atoms with Gasteiger partial charge in [0.15, 0.2) is 0 Å². The predicted molar refractivity (Wildman–Crippen MR) is 88.4 cm³/mol. The number of aromatic amines is 1. The zero-order chi connectivity index (χ0) is 21.1. The Hall–Kier alpha value is -3.08. The van der Waals surface area contributed by atoms with E-state index in [0.29, 0.717) is 5.82 Å². The Kier molecular flexibility index (Phi) is 5.78. The normalized spacial score (nSPS) is 12.2. The summed E-state index contributed by atoms with van der Waals surface area (Å²) in [5, 5.41) is 6.14. The number of H-pyrrole nitrogens is 1. The molecule has 0 aliphatic carbocycles. The SMILES string of the molecule is FC(F)(F)Oc1ccc(-c2cccc(C(F)(F)F)c2COCc2ncn[nH]2)cc1. The molecule has 1 heterocycles. The maximum absolute atomic E-state index is 13.5. The lowest BCUT2D eigenvalue weighted by atomic mass is 9.95. The van der Waals surface area contributed by atoms with Crippen LogP contribution in [0.2, 0.25) is 0 Å². The van der Waals surface area contributed by atoms with Crippen LogP contribution in [0.3, 0.4) is 0 Å². The van der Waals surface area contributed by atoms with Crippen molar-refractivity contribution in [2.45, 2.75) is 25.8 Å². The van der Waals surface area contributed by atoms with Gasteiger partial charge in [0.05, 0.1) is 12.2 Å². The number of benzene rings is 2. The second-order valence-electron chi connectivity index (χ2n) is 5.83. The largest absolute Gasteiger partial charge is 0.573 e. The van der Waals surface area contributed by atoms with Gasteiger partial charge in [0, 0.05) is 0 Å². The van der Waals surface area contributed by atoms with Gasteiger partial charge >= 0.3 is 12.5 Å². The Labute approximate surface area is 160 Å². The molecule has 3 aromatic rings. The summed E-state index contributed by atoms with van der Waals surface area (Å²) in [6.07, 6.45) is -8.27. The van der Waals surface area contributed by atoms with Crippen LogP contribution in [-0.2, 0) is 24.1 Å². The van der Waals surface area contributed by atoms with Crippen LogP contribution in [0.15, 0.2) is 48.8 Å². The number of alkyl halides is 6. The van der Waals surface area contributed by atoms with Gasteiger partial charge in [-0.05, 0) is 34.9 Å². The molecule has 11 heteroatoms. The van der Waals surface area contributed by atoms with Crippen LogP contribution in [0.4, 0.5) is 26.3 Å². The van der Waals surface area contributed by atoms with Gasteiger partial charge in [0.2, 0.25) is 0 Å². The molecular weight excluding hydrogens is 404 g/mol. The van der Waals surface area contributed by atoms with E-state index in [-0.39, 0.29) is 23.3 Å². The van der Waals surface area contributed by atoms with Crippen LogP contribution in [0, 0.1) is 0 Å². The maximum atomic E-state index is 13.5. The number of nitrogens with one attached hydrogen (secondary N) is 1. The molecule has 0 spiro atoms. The Bertz CT molecular complexity index is 938. The molecule has 1 N–H and O–H groups in total. The van der Waals surface area contributed by atoms with E-state index in [9.17, 15) is 26.3 Å². The molecule has 2 aromatic carbocycles. The van der Waals surface area contributed by atoms with E-state index in [1.165, 1.54) is 30.6 Å². The molecule has 0 fully saturated rings. The number of halogens is 6. The third kappa shape index (κ3) is 5.47. The van der Waals surface area contributed by atoms with E-state index in [1.54, 1.807) is 0 Å². The molecule has 1 aromatic heterocycles. The van der Waals surface area contributed by atoms with Crippen LogP contribution in [0.5, 0.6) is 5.75 Å². The molecule has 0 unspecified atom stereocenters. The minimum absolute atomic E-state index is 0.0933. The Morgan fingerprint density at radius 2 is 1.62 bits per heavy atom. The lowest BCUT2D eigenvalue weighted by Gasteiger charge is -2.17. The quantitative estimate of drug-likeness (QED) is 0.567. The predicted octanol–water partition coefficient (Wildman–Crippen LogP) is 5.11. The topological polar surface area (TPSA) is 60.0 Å². The first-order chi connectivity index (χ1) is 13.6. The first-order valence-corrected chi connectivity index (χ1v) is 8.11. The number of nitrogens with zero attached hydrogens (tertiary/aromatic N) is 2. The van der Waals surface area contributed by atoms with E-state index in [4.69, 9.17) is 4.74 Å². The van der Waals surface area contributed by atoms with Crippen molar-refractivity contribution in [1.29, 1.82) is 0 Å². The molecule has 29 heavy (non-hydrogen) atoms. The Morgan fingerprint density at radius 3 is 2.21 bits per heavy atom. The number of hydrogen-bond acceptors (Lipinski definition) is 4. The third-order valence-corrected chi connectivity index (χ3v) is 3.83. The van der Waals surface area contributed by atoms with Crippen molar-refractivity contribution in [2.24, 2.45) is 0 Å². The number of rotatable bonds is 6. The van der Waals surface area contributed by atoms with Gasteiger partial charge in [-0.25, -0.2) is 4.98 Å². The van der Waals surface area contributed by atoms with Crippen molar-refractivity contribution >= 4 is 0 Å². The van der Waals surface area contributed by atoms with Crippen LogP contribution in [0.25, 0.3) is 11.1 Å². The maximum Gasteiger partial charge on any atom is 0.573 e. The fraction of sp³-hybridized carbons (Fsp3) is 0.222. The molecule has 0 atom stereocenters. The van der Waals surface area contributed by atoms with E-state index in [0.717, 1.165) is 18.2 Å². The zero-order valence-corrected chi connectivity index (χ0v) is 14.5. The van der Waals surface area contributed by atoms with Gasteiger partial charge < -0.3 is 9.47 Å². The number of hydrogen-bond donors (Lipinski definition) is 1. The highest BCUT2D eigenvalue weighted by atomic mass is 19.4. The van der Waals surface area contributed by atoms with E-state index in [1.807, 2.05) is 0 Å². The van der Waals surface area contributed by atoms with Crippen molar-refractivity contribution in [3.05, 3.63) is 65.7 Å². The Balaban J connectivity index is 1.90. The van der Waals surface area contributed by atoms with Crippen LogP contribution in [0.1, 0.15) is 17.0 Å². The van der Waals surface area contributed by atoms with Crippen LogP contribution >= 0.6 is 0 Å². The highest BCUT2D eigenvalue weighted by Crippen LogP contribution is 2.37. The summed E-state index contributed by atoms with van der Waals surface area (Å²) in [6.45, 7) is -0.490. The average molecular weight is 417 g/mol. The highest BCUT2D eigenvalue weighted by molar-refractivity contribution is 5.69. The summed E-state index contributed by atoms with van der Waals surface area (Å²) in [5.74, 6) is -0.138. The molecule has 3 rings (SSSR count). The summed E-state index contributed by atoms with van der Waals surface area (Å²) in [6, 6.07) is 8.12. The van der Waals surface area contributed by atoms with Gasteiger partial charge in [-0.2, -0.15) is 18.3 Å². The van der Waals surface area contributed by atoms with E-state index < -0.39 is 30.5 Å². The number of aromatic nitrogens is 3. The summed E-state index contributed by atoms with van der Waals surface area (Å²) in [4.78, 5) is 3.82. The number of ether oxygens (including phenoxy) is 2. The van der Waals surface area contributed by atoms with Crippen LogP contribution in [-0.4, -0.2) is 21.5 Å². The first-order valence-electron chi connectivity index (χ1n) is 8.11. The zero-order valence-electron chi connectivity index (χ0n) is 14.5. The second-order valence-corrected chi connectivity index (χ2v) is 5.83. The standard InChI is InChI=1S/C18H13F6N3O2/c19-17(20,21)15-3-1-2-13(14(15)8-28-9-16-25-10-26-27-16)11-4-6-12(7-5-11)29-18(22,23)24/h1-7,10H,8-9H2,(H,25,26,27). The van der Waals surface area contributed by atoms with E-state index >= 15 is 0 Å². The van der Waals surface area contributed by atoms with E-state index in [2.05, 4.69) is 19.9 Å². The van der Waals surface area contributed by atoms with Crippen molar-refractivity contribution in [2.75, 3.05) is 0 Å². The summed E-state index contributed by atoms with van der Waals surface area (Å²) >= 11 is 0. The minimum Gasteiger partial charge on any atom is -0.406 e. The minimum atomic E-state index is -4.86. The van der Waals surface area contributed by atoms with Crippen molar-refractivity contribution < 1.29 is 35.8 Å². The third-order valence-electron chi connectivity index (χ3n) is 3.83. The molecule has 0 saturated carbocycles. The molecular formula is C18H13F6N3O2. The lowest BCUT2D eigenvalue weighted by molar-refractivity contribution is -0.274. The molecule has 0 bridgehead atoms.